The highest BCUT2D eigenvalue weighted by Gasteiger charge is 2.21. The van der Waals surface area contributed by atoms with Gasteiger partial charge in [0.25, 0.3) is 5.91 Å². The van der Waals surface area contributed by atoms with Gasteiger partial charge in [0.15, 0.2) is 0 Å². The van der Waals surface area contributed by atoms with Gasteiger partial charge in [0.1, 0.15) is 18.1 Å². The number of hydrogen-bond acceptors (Lipinski definition) is 5. The first-order chi connectivity index (χ1) is 13.3. The number of amides is 1. The van der Waals surface area contributed by atoms with Crippen molar-refractivity contribution in [2.75, 3.05) is 13.1 Å². The Morgan fingerprint density at radius 1 is 1.04 bits per heavy atom. The molecule has 0 N–H and O–H groups in total. The predicted octanol–water partition coefficient (Wildman–Crippen LogP) is 3.73. The Morgan fingerprint density at radius 2 is 1.61 bits per heavy atom. The molecular weight excluding hydrogens is 385 g/mol. The number of ether oxygens (including phenoxy) is 1. The summed E-state index contributed by atoms with van der Waals surface area (Å²) in [5, 5.41) is 0. The van der Waals surface area contributed by atoms with Gasteiger partial charge in [-0.3, -0.25) is 4.79 Å². The van der Waals surface area contributed by atoms with Crippen LogP contribution in [0.25, 0.3) is 0 Å². The molecule has 150 valence electrons. The van der Waals surface area contributed by atoms with E-state index in [1.54, 1.807) is 12.1 Å². The summed E-state index contributed by atoms with van der Waals surface area (Å²) in [6, 6.07) is 12.8. The molecule has 1 aliphatic heterocycles. The molecule has 1 amide bonds. The maximum atomic E-state index is 12.5. The van der Waals surface area contributed by atoms with Gasteiger partial charge < -0.3 is 13.8 Å². The van der Waals surface area contributed by atoms with E-state index in [2.05, 4.69) is 11.1 Å². The summed E-state index contributed by atoms with van der Waals surface area (Å²) < 4.78 is 43.1. The lowest BCUT2D eigenvalue weighted by atomic mass is 9.98. The Labute approximate surface area is 164 Å². The molecule has 1 fully saturated rings. The van der Waals surface area contributed by atoms with E-state index in [1.807, 2.05) is 17.0 Å². The van der Waals surface area contributed by atoms with Gasteiger partial charge in [-0.05, 0) is 60.7 Å². The van der Waals surface area contributed by atoms with Crippen molar-refractivity contribution < 1.29 is 26.0 Å². The van der Waals surface area contributed by atoms with Gasteiger partial charge in [-0.1, -0.05) is 22.9 Å². The molecule has 1 heterocycles. The molecule has 28 heavy (non-hydrogen) atoms. The smallest absolute Gasteiger partial charge is 0.488 e. The minimum absolute atomic E-state index is 0.0535. The van der Waals surface area contributed by atoms with Gasteiger partial charge in [-0.15, -0.1) is 0 Å². The fraction of sp³-hybridized carbons (Fsp3) is 0.350. The molecule has 0 aliphatic carbocycles. The van der Waals surface area contributed by atoms with Crippen molar-refractivity contribution in [1.29, 1.82) is 0 Å². The van der Waals surface area contributed by atoms with Crippen molar-refractivity contribution in [2.45, 2.75) is 26.4 Å². The van der Waals surface area contributed by atoms with Crippen LogP contribution < -0.4 is 8.92 Å². The van der Waals surface area contributed by atoms with Crippen molar-refractivity contribution in [2.24, 2.45) is 5.92 Å². The van der Waals surface area contributed by atoms with Crippen LogP contribution in [0.1, 0.15) is 35.7 Å². The second-order valence-corrected chi connectivity index (χ2v) is 7.86. The zero-order chi connectivity index (χ0) is 20.1. The van der Waals surface area contributed by atoms with Crippen LogP contribution in [0.5, 0.6) is 11.5 Å². The number of likely N-dealkylation sites (tertiary alicyclic amines) is 1. The molecule has 0 saturated carbocycles. The monoisotopic (exact) mass is 407 g/mol. The largest absolute Gasteiger partial charge is 0.489 e. The molecule has 3 rings (SSSR count). The second kappa shape index (κ2) is 8.60. The summed E-state index contributed by atoms with van der Waals surface area (Å²) in [6.07, 6.45) is 2.08. The van der Waals surface area contributed by atoms with Crippen LogP contribution in [0.3, 0.4) is 0 Å². The summed E-state index contributed by atoms with van der Waals surface area (Å²) in [7, 11) is -5.04. The molecule has 8 heteroatoms. The number of carbonyl (C=O) groups is 1. The predicted molar refractivity (Wildman–Crippen MR) is 102 cm³/mol. The van der Waals surface area contributed by atoms with E-state index in [4.69, 9.17) is 4.74 Å². The zero-order valence-corrected chi connectivity index (χ0v) is 16.3. The van der Waals surface area contributed by atoms with Gasteiger partial charge in [-0.2, -0.15) is 8.42 Å². The molecule has 0 atom stereocenters. The third-order valence-corrected chi connectivity index (χ3v) is 5.09. The van der Waals surface area contributed by atoms with Gasteiger partial charge in [0.2, 0.25) is 0 Å². The first-order valence-electron chi connectivity index (χ1n) is 9.05. The van der Waals surface area contributed by atoms with Crippen LogP contribution >= 0.6 is 0 Å². The molecule has 6 nitrogen and oxygen atoms in total. The van der Waals surface area contributed by atoms with E-state index < -0.39 is 10.5 Å². The Bertz CT molecular complexity index is 905. The van der Waals surface area contributed by atoms with Crippen molar-refractivity contribution >= 4 is 16.4 Å². The molecule has 0 radical (unpaired) electrons. The lowest BCUT2D eigenvalue weighted by Gasteiger charge is -2.30. The highest BCUT2D eigenvalue weighted by molar-refractivity contribution is 7.81. The summed E-state index contributed by atoms with van der Waals surface area (Å²) in [5.74, 6) is 1.07. The summed E-state index contributed by atoms with van der Waals surface area (Å²) >= 11 is 0. The highest BCUT2D eigenvalue weighted by atomic mass is 32.3. The van der Waals surface area contributed by atoms with Gasteiger partial charge >= 0.3 is 10.5 Å². The quantitative estimate of drug-likeness (QED) is 0.682. The maximum absolute atomic E-state index is 12.5. The van der Waals surface area contributed by atoms with Crippen molar-refractivity contribution in [3.8, 4) is 11.5 Å². The number of piperidine rings is 1. The normalized spacial score (nSPS) is 15.3. The standard InChI is InChI=1S/C20H22FNO5S/c1-15-10-12-22(13-11-15)20(23)17-4-2-16(3-5-17)14-26-18-6-8-19(9-7-18)27-28(21,24)25/h2-9,15H,10-14H2,1H3. The summed E-state index contributed by atoms with van der Waals surface area (Å²) in [6.45, 7) is 4.08. The Morgan fingerprint density at radius 3 is 2.18 bits per heavy atom. The Balaban J connectivity index is 1.53. The number of halogens is 1. The highest BCUT2D eigenvalue weighted by Crippen LogP contribution is 2.21. The van der Waals surface area contributed by atoms with Crippen LogP contribution in [-0.4, -0.2) is 32.3 Å². The van der Waals surface area contributed by atoms with Crippen LogP contribution in [0.15, 0.2) is 48.5 Å². The van der Waals surface area contributed by atoms with Crippen molar-refractivity contribution in [3.05, 3.63) is 59.7 Å². The van der Waals surface area contributed by atoms with Crippen LogP contribution in [0.4, 0.5) is 3.89 Å². The lowest BCUT2D eigenvalue weighted by Crippen LogP contribution is -2.37. The average Bonchev–Trinajstić information content (AvgIpc) is 2.67. The molecular formula is C20H22FNO5S. The SMILES string of the molecule is CC1CCN(C(=O)c2ccc(COc3ccc(OS(=O)(=O)F)cc3)cc2)CC1. The average molecular weight is 407 g/mol. The number of nitrogens with zero attached hydrogens (tertiary/aromatic N) is 1. The van der Waals surface area contributed by atoms with E-state index in [-0.39, 0.29) is 18.3 Å². The number of benzene rings is 2. The summed E-state index contributed by atoms with van der Waals surface area (Å²) in [5.41, 5.74) is 1.54. The Kier molecular flexibility index (Phi) is 6.18. The van der Waals surface area contributed by atoms with Crippen molar-refractivity contribution in [3.63, 3.8) is 0 Å². The van der Waals surface area contributed by atoms with E-state index in [1.165, 1.54) is 24.3 Å². The molecule has 0 spiro atoms. The fourth-order valence-electron chi connectivity index (χ4n) is 3.01. The van der Waals surface area contributed by atoms with Gasteiger partial charge in [0.05, 0.1) is 0 Å². The molecule has 1 aliphatic rings. The molecule has 2 aromatic carbocycles. The maximum Gasteiger partial charge on any atom is 0.488 e. The first kappa shape index (κ1) is 20.1. The third kappa shape index (κ3) is 5.69. The van der Waals surface area contributed by atoms with E-state index in [9.17, 15) is 17.1 Å². The fourth-order valence-corrected chi connectivity index (χ4v) is 3.35. The Hall–Kier alpha value is -2.61. The third-order valence-electron chi connectivity index (χ3n) is 4.70. The van der Waals surface area contributed by atoms with Crippen LogP contribution in [0, 0.1) is 5.92 Å². The summed E-state index contributed by atoms with van der Waals surface area (Å²) in [4.78, 5) is 14.4. The number of hydrogen-bond donors (Lipinski definition) is 0. The molecule has 2 aromatic rings. The van der Waals surface area contributed by atoms with Crippen LogP contribution in [0.2, 0.25) is 0 Å². The van der Waals surface area contributed by atoms with E-state index >= 15 is 0 Å². The van der Waals surface area contributed by atoms with Crippen molar-refractivity contribution in [1.82, 2.24) is 4.90 Å². The van der Waals surface area contributed by atoms with Gasteiger partial charge in [-0.25, -0.2) is 0 Å². The minimum atomic E-state index is -5.04. The minimum Gasteiger partial charge on any atom is -0.489 e. The van der Waals surface area contributed by atoms with E-state index in [0.29, 0.717) is 17.2 Å². The lowest BCUT2D eigenvalue weighted by molar-refractivity contribution is 0.0697. The molecule has 0 aromatic heterocycles. The molecule has 0 bridgehead atoms. The van der Waals surface area contributed by atoms with Gasteiger partial charge in [0, 0.05) is 18.7 Å². The number of rotatable bonds is 6. The zero-order valence-electron chi connectivity index (χ0n) is 15.5. The van der Waals surface area contributed by atoms with E-state index in [0.717, 1.165) is 31.5 Å². The number of carbonyl (C=O) groups excluding carboxylic acids is 1. The molecule has 1 saturated heterocycles. The first-order valence-corrected chi connectivity index (χ1v) is 10.4. The van der Waals surface area contributed by atoms with Crippen LogP contribution in [-0.2, 0) is 17.1 Å². The topological polar surface area (TPSA) is 72.9 Å². The molecule has 0 unspecified atom stereocenters. The second-order valence-electron chi connectivity index (χ2n) is 6.91.